The number of anilines is 1. The fraction of sp³-hybridized carbons (Fsp3) is 0.706. The van der Waals surface area contributed by atoms with Gasteiger partial charge in [0, 0.05) is 37.9 Å². The van der Waals surface area contributed by atoms with Gasteiger partial charge in [-0.1, -0.05) is 0 Å². The van der Waals surface area contributed by atoms with E-state index in [1.54, 1.807) is 16.8 Å². The molecule has 2 atom stereocenters. The van der Waals surface area contributed by atoms with Gasteiger partial charge >= 0.3 is 6.18 Å². The normalized spacial score (nSPS) is 26.6. The van der Waals surface area contributed by atoms with Crippen molar-refractivity contribution in [1.29, 1.82) is 0 Å². The second kappa shape index (κ2) is 5.85. The van der Waals surface area contributed by atoms with Crippen molar-refractivity contribution in [3.8, 4) is 0 Å². The molecule has 0 unspecified atom stereocenters. The molecule has 3 heterocycles. The standard InChI is InChI=1S/C17H21F3N4O/c1-23-7-6-10-8-24(9-12(10)15(23)25)16-21-13-5-3-2-4-11(13)14(22-16)17(18,19)20/h10,12H,2-9H2,1H3/t10-,12+/m1/s1. The monoisotopic (exact) mass is 354 g/mol. The van der Waals surface area contributed by atoms with Crippen LogP contribution in [0.25, 0.3) is 0 Å². The summed E-state index contributed by atoms with van der Waals surface area (Å²) in [7, 11) is 1.78. The predicted molar refractivity (Wildman–Crippen MR) is 85.1 cm³/mol. The molecule has 8 heteroatoms. The van der Waals surface area contributed by atoms with Gasteiger partial charge in [-0.2, -0.15) is 13.2 Å². The van der Waals surface area contributed by atoms with Crippen LogP contribution in [0.4, 0.5) is 19.1 Å². The molecule has 3 aliphatic rings. The molecule has 1 aromatic rings. The van der Waals surface area contributed by atoms with Crippen LogP contribution in [-0.2, 0) is 23.8 Å². The molecule has 0 spiro atoms. The van der Waals surface area contributed by atoms with E-state index in [-0.39, 0.29) is 29.3 Å². The van der Waals surface area contributed by atoms with Crippen molar-refractivity contribution in [3.05, 3.63) is 17.0 Å². The van der Waals surface area contributed by atoms with Crippen LogP contribution in [0.15, 0.2) is 0 Å². The molecule has 2 saturated heterocycles. The third-order valence-electron chi connectivity index (χ3n) is 5.69. The molecule has 1 aliphatic carbocycles. The maximum Gasteiger partial charge on any atom is 0.433 e. The zero-order chi connectivity index (χ0) is 17.8. The zero-order valence-electron chi connectivity index (χ0n) is 14.1. The largest absolute Gasteiger partial charge is 0.433 e. The van der Waals surface area contributed by atoms with Crippen LogP contribution >= 0.6 is 0 Å². The summed E-state index contributed by atoms with van der Waals surface area (Å²) in [5.41, 5.74) is 0.00216. The highest BCUT2D eigenvalue weighted by Crippen LogP contribution is 2.38. The first-order valence-corrected chi connectivity index (χ1v) is 8.81. The zero-order valence-corrected chi connectivity index (χ0v) is 14.1. The van der Waals surface area contributed by atoms with Gasteiger partial charge in [-0.05, 0) is 38.0 Å². The molecule has 2 aliphatic heterocycles. The first-order valence-electron chi connectivity index (χ1n) is 8.81. The number of likely N-dealkylation sites (tertiary alicyclic amines) is 1. The van der Waals surface area contributed by atoms with Crippen molar-refractivity contribution in [2.75, 3.05) is 31.6 Å². The molecule has 2 fully saturated rings. The van der Waals surface area contributed by atoms with Crippen molar-refractivity contribution < 1.29 is 18.0 Å². The molecule has 1 amide bonds. The number of carbonyl (C=O) groups excluding carboxylic acids is 1. The van der Waals surface area contributed by atoms with Crippen LogP contribution < -0.4 is 4.90 Å². The van der Waals surface area contributed by atoms with Gasteiger partial charge < -0.3 is 9.80 Å². The lowest BCUT2D eigenvalue weighted by Gasteiger charge is -2.30. The summed E-state index contributed by atoms with van der Waals surface area (Å²) in [6, 6.07) is 0. The molecule has 0 aromatic carbocycles. The van der Waals surface area contributed by atoms with E-state index in [4.69, 9.17) is 0 Å². The minimum Gasteiger partial charge on any atom is -0.345 e. The van der Waals surface area contributed by atoms with E-state index in [1.807, 2.05) is 0 Å². The van der Waals surface area contributed by atoms with Gasteiger partial charge in [0.15, 0.2) is 5.69 Å². The van der Waals surface area contributed by atoms with Crippen LogP contribution in [0, 0.1) is 11.8 Å². The number of fused-ring (bicyclic) bond motifs is 2. The molecule has 0 bridgehead atoms. The Morgan fingerprint density at radius 3 is 2.64 bits per heavy atom. The molecule has 136 valence electrons. The molecule has 25 heavy (non-hydrogen) atoms. The minimum atomic E-state index is -4.47. The molecule has 4 rings (SSSR count). The Labute approximate surface area is 144 Å². The van der Waals surface area contributed by atoms with Crippen molar-refractivity contribution in [2.24, 2.45) is 11.8 Å². The van der Waals surface area contributed by atoms with Crippen molar-refractivity contribution in [1.82, 2.24) is 14.9 Å². The number of alkyl halides is 3. The molecule has 0 N–H and O–H groups in total. The Morgan fingerprint density at radius 1 is 1.12 bits per heavy atom. The number of hydrogen-bond acceptors (Lipinski definition) is 4. The predicted octanol–water partition coefficient (Wildman–Crippen LogP) is 2.29. The molecular weight excluding hydrogens is 333 g/mol. The van der Waals surface area contributed by atoms with Gasteiger partial charge in [0.2, 0.25) is 11.9 Å². The Kier molecular flexibility index (Phi) is 3.88. The van der Waals surface area contributed by atoms with Crippen LogP contribution in [0.1, 0.15) is 36.2 Å². The summed E-state index contributed by atoms with van der Waals surface area (Å²) in [6.45, 7) is 1.66. The Balaban J connectivity index is 1.68. The summed E-state index contributed by atoms with van der Waals surface area (Å²) in [5, 5.41) is 0. The highest BCUT2D eigenvalue weighted by molar-refractivity contribution is 5.81. The lowest BCUT2D eigenvalue weighted by molar-refractivity contribution is -0.142. The molecule has 0 saturated carbocycles. The third-order valence-corrected chi connectivity index (χ3v) is 5.69. The number of carbonyl (C=O) groups is 1. The lowest BCUT2D eigenvalue weighted by Crippen LogP contribution is -2.42. The van der Waals surface area contributed by atoms with Gasteiger partial charge in [0.1, 0.15) is 0 Å². The van der Waals surface area contributed by atoms with E-state index in [2.05, 4.69) is 9.97 Å². The second-order valence-electron chi connectivity index (χ2n) is 7.32. The lowest BCUT2D eigenvalue weighted by atomic mass is 9.88. The number of halogens is 3. The van der Waals surface area contributed by atoms with E-state index in [1.165, 1.54) is 0 Å². The van der Waals surface area contributed by atoms with Gasteiger partial charge in [-0.25, -0.2) is 9.97 Å². The minimum absolute atomic E-state index is 0.0766. The smallest absolute Gasteiger partial charge is 0.345 e. The van der Waals surface area contributed by atoms with Crippen LogP contribution in [0.5, 0.6) is 0 Å². The van der Waals surface area contributed by atoms with Crippen molar-refractivity contribution in [3.63, 3.8) is 0 Å². The van der Waals surface area contributed by atoms with E-state index in [0.29, 0.717) is 38.2 Å². The summed E-state index contributed by atoms with van der Waals surface area (Å²) in [6.07, 6.45) is -1.04. The highest BCUT2D eigenvalue weighted by atomic mass is 19.4. The van der Waals surface area contributed by atoms with E-state index >= 15 is 0 Å². The second-order valence-corrected chi connectivity index (χ2v) is 7.32. The SMILES string of the molecule is CN1CC[C@@H]2CN(c3nc4c(c(C(F)(F)F)n3)CCCC4)C[C@@H]2C1=O. The highest BCUT2D eigenvalue weighted by Gasteiger charge is 2.44. The van der Waals surface area contributed by atoms with E-state index < -0.39 is 11.9 Å². The number of hydrogen-bond donors (Lipinski definition) is 0. The van der Waals surface area contributed by atoms with Crippen LogP contribution in [0.3, 0.4) is 0 Å². The van der Waals surface area contributed by atoms with Crippen LogP contribution in [-0.4, -0.2) is 47.5 Å². The van der Waals surface area contributed by atoms with Crippen LogP contribution in [0.2, 0.25) is 0 Å². The average molecular weight is 354 g/mol. The number of piperidine rings is 1. The Morgan fingerprint density at radius 2 is 1.88 bits per heavy atom. The maximum atomic E-state index is 13.5. The summed E-state index contributed by atoms with van der Waals surface area (Å²) >= 11 is 0. The quantitative estimate of drug-likeness (QED) is 0.776. The first kappa shape index (κ1) is 16.6. The number of rotatable bonds is 1. The number of aromatic nitrogens is 2. The Hall–Kier alpha value is -1.86. The van der Waals surface area contributed by atoms with E-state index in [9.17, 15) is 18.0 Å². The van der Waals surface area contributed by atoms with Gasteiger partial charge in [0.05, 0.1) is 5.92 Å². The fourth-order valence-corrected chi connectivity index (χ4v) is 4.32. The molecule has 0 radical (unpaired) electrons. The molecular formula is C17H21F3N4O. The summed E-state index contributed by atoms with van der Waals surface area (Å²) in [5.74, 6) is 0.232. The number of aryl methyl sites for hydroxylation is 1. The van der Waals surface area contributed by atoms with Crippen molar-refractivity contribution in [2.45, 2.75) is 38.3 Å². The van der Waals surface area contributed by atoms with Gasteiger partial charge in [-0.15, -0.1) is 0 Å². The summed E-state index contributed by atoms with van der Waals surface area (Å²) in [4.78, 5) is 24.2. The third kappa shape index (κ3) is 2.85. The molecule has 5 nitrogen and oxygen atoms in total. The van der Waals surface area contributed by atoms with Crippen molar-refractivity contribution >= 4 is 11.9 Å². The number of amides is 1. The summed E-state index contributed by atoms with van der Waals surface area (Å²) < 4.78 is 40.4. The Bertz CT molecular complexity index is 706. The maximum absolute atomic E-state index is 13.5. The van der Waals surface area contributed by atoms with Gasteiger partial charge in [0.25, 0.3) is 0 Å². The van der Waals surface area contributed by atoms with Gasteiger partial charge in [-0.3, -0.25) is 4.79 Å². The van der Waals surface area contributed by atoms with E-state index in [0.717, 1.165) is 19.3 Å². The molecule has 1 aromatic heterocycles. The first-order chi connectivity index (χ1) is 11.8. The number of nitrogens with zero attached hydrogens (tertiary/aromatic N) is 4. The fourth-order valence-electron chi connectivity index (χ4n) is 4.32. The topological polar surface area (TPSA) is 49.3 Å². The average Bonchev–Trinajstić information content (AvgIpc) is 3.01.